The molecule has 5 nitrogen and oxygen atoms in total. The third-order valence-electron chi connectivity index (χ3n) is 1.91. The minimum Gasteiger partial charge on any atom is -0.368 e. The summed E-state index contributed by atoms with van der Waals surface area (Å²) in [4.78, 5) is 19.6. The fourth-order valence-electron chi connectivity index (χ4n) is 1.29. The summed E-state index contributed by atoms with van der Waals surface area (Å²) in [5.41, 5.74) is 3.59. The van der Waals surface area contributed by atoms with Crippen LogP contribution in [0.2, 0.25) is 0 Å². The first kappa shape index (κ1) is 11.1. The molecule has 0 aliphatic carbocycles. The molecule has 2 rings (SSSR count). The topological polar surface area (TPSA) is 84.7 Å². The van der Waals surface area contributed by atoms with Gasteiger partial charge in [0.2, 0.25) is 5.95 Å². The van der Waals surface area contributed by atoms with Gasteiger partial charge in [0, 0.05) is 12.1 Å². The number of hydrogen-bond acceptors (Lipinski definition) is 4. The van der Waals surface area contributed by atoms with Crippen LogP contribution in [0.25, 0.3) is 11.4 Å². The van der Waals surface area contributed by atoms with Crippen molar-refractivity contribution in [2.24, 2.45) is 0 Å². The summed E-state index contributed by atoms with van der Waals surface area (Å²) in [6, 6.07) is 0.935. The minimum atomic E-state index is -1.20. The molecule has 0 amide bonds. The molecule has 0 aliphatic heterocycles. The number of nitrogens with zero attached hydrogens (tertiary/aromatic N) is 2. The number of benzene rings is 1. The van der Waals surface area contributed by atoms with Gasteiger partial charge in [-0.3, -0.25) is 4.98 Å². The third-order valence-corrected chi connectivity index (χ3v) is 1.91. The Morgan fingerprint density at radius 2 is 1.71 bits per heavy atom. The van der Waals surface area contributed by atoms with Crippen molar-refractivity contribution < 1.29 is 13.2 Å². The van der Waals surface area contributed by atoms with Gasteiger partial charge in [-0.1, -0.05) is 0 Å². The quantitative estimate of drug-likeness (QED) is 0.775. The standard InChI is InChI=1S/C9H5F3N4O/c10-3-1-4(11)6(5(12)2-3)7-14-8(13)16-9(17)15-7/h1-2H,(H3,13,14,15,16,17). The Morgan fingerprint density at radius 1 is 1.12 bits per heavy atom. The number of nitrogens with two attached hydrogens (primary N) is 1. The first-order chi connectivity index (χ1) is 7.97. The lowest BCUT2D eigenvalue weighted by Crippen LogP contribution is -2.16. The summed E-state index contributed by atoms with van der Waals surface area (Å²) in [7, 11) is 0. The Morgan fingerprint density at radius 3 is 2.24 bits per heavy atom. The molecular formula is C9H5F3N4O. The zero-order valence-electron chi connectivity index (χ0n) is 8.17. The summed E-state index contributed by atoms with van der Waals surface area (Å²) in [5, 5.41) is 0. The first-order valence-electron chi connectivity index (χ1n) is 4.36. The van der Waals surface area contributed by atoms with E-state index in [0.29, 0.717) is 12.1 Å². The number of aromatic nitrogens is 3. The molecule has 0 spiro atoms. The van der Waals surface area contributed by atoms with Crippen molar-refractivity contribution in [3.05, 3.63) is 40.1 Å². The first-order valence-corrected chi connectivity index (χ1v) is 4.36. The Hall–Kier alpha value is -2.38. The SMILES string of the molecule is Nc1nc(-c2c(F)cc(F)cc2F)[nH]c(=O)n1. The molecule has 0 bridgehead atoms. The number of hydrogen-bond donors (Lipinski definition) is 2. The molecule has 1 aromatic heterocycles. The van der Waals surface area contributed by atoms with Gasteiger partial charge < -0.3 is 5.73 Å². The normalized spacial score (nSPS) is 10.5. The number of nitrogen functional groups attached to an aromatic ring is 1. The van der Waals surface area contributed by atoms with E-state index in [2.05, 4.69) is 9.97 Å². The molecule has 0 radical (unpaired) electrons. The highest BCUT2D eigenvalue weighted by atomic mass is 19.1. The van der Waals surface area contributed by atoms with Crippen LogP contribution in [-0.2, 0) is 0 Å². The maximum atomic E-state index is 13.4. The number of anilines is 1. The van der Waals surface area contributed by atoms with E-state index in [0.717, 1.165) is 0 Å². The molecule has 0 unspecified atom stereocenters. The number of H-pyrrole nitrogens is 1. The van der Waals surface area contributed by atoms with Crippen LogP contribution in [0.5, 0.6) is 0 Å². The highest BCUT2D eigenvalue weighted by molar-refractivity contribution is 5.57. The van der Waals surface area contributed by atoms with Crippen molar-refractivity contribution in [3.8, 4) is 11.4 Å². The zero-order valence-corrected chi connectivity index (χ0v) is 8.17. The van der Waals surface area contributed by atoms with Gasteiger partial charge in [-0.2, -0.15) is 9.97 Å². The van der Waals surface area contributed by atoms with Gasteiger partial charge in [0.25, 0.3) is 0 Å². The molecule has 3 N–H and O–H groups in total. The second kappa shape index (κ2) is 3.89. The van der Waals surface area contributed by atoms with E-state index >= 15 is 0 Å². The molecule has 0 aliphatic rings. The van der Waals surface area contributed by atoms with Gasteiger partial charge in [-0.15, -0.1) is 0 Å². The summed E-state index contributed by atoms with van der Waals surface area (Å²) in [6.45, 7) is 0. The number of rotatable bonds is 1. The summed E-state index contributed by atoms with van der Waals surface area (Å²) in [5.74, 6) is -4.36. The maximum absolute atomic E-state index is 13.4. The van der Waals surface area contributed by atoms with Crippen molar-refractivity contribution in [3.63, 3.8) is 0 Å². The van der Waals surface area contributed by atoms with E-state index in [9.17, 15) is 18.0 Å². The number of nitrogens with one attached hydrogen (secondary N) is 1. The van der Waals surface area contributed by atoms with E-state index in [4.69, 9.17) is 5.73 Å². The van der Waals surface area contributed by atoms with Crippen LogP contribution >= 0.6 is 0 Å². The van der Waals surface area contributed by atoms with Crippen molar-refractivity contribution >= 4 is 5.95 Å². The summed E-state index contributed by atoms with van der Waals surface area (Å²) >= 11 is 0. The highest BCUT2D eigenvalue weighted by Crippen LogP contribution is 2.23. The molecule has 8 heteroatoms. The Balaban J connectivity index is 2.72. The molecule has 0 atom stereocenters. The fourth-order valence-corrected chi connectivity index (χ4v) is 1.29. The average Bonchev–Trinajstić information content (AvgIpc) is 2.13. The van der Waals surface area contributed by atoms with Crippen LogP contribution in [0.15, 0.2) is 16.9 Å². The fraction of sp³-hybridized carbons (Fsp3) is 0. The van der Waals surface area contributed by atoms with Crippen LogP contribution < -0.4 is 11.4 Å². The third kappa shape index (κ3) is 2.10. The van der Waals surface area contributed by atoms with Gasteiger partial charge in [-0.05, 0) is 0 Å². The lowest BCUT2D eigenvalue weighted by molar-refractivity contribution is 0.546. The molecule has 0 saturated carbocycles. The van der Waals surface area contributed by atoms with Crippen molar-refractivity contribution in [2.45, 2.75) is 0 Å². The van der Waals surface area contributed by atoms with Crippen molar-refractivity contribution in [1.29, 1.82) is 0 Å². The maximum Gasteiger partial charge on any atom is 0.349 e. The van der Waals surface area contributed by atoms with Crippen LogP contribution in [0.3, 0.4) is 0 Å². The number of aromatic amines is 1. The van der Waals surface area contributed by atoms with Gasteiger partial charge >= 0.3 is 5.69 Å². The second-order valence-corrected chi connectivity index (χ2v) is 3.11. The van der Waals surface area contributed by atoms with Gasteiger partial charge in [0.1, 0.15) is 17.5 Å². The van der Waals surface area contributed by atoms with E-state index in [1.54, 1.807) is 0 Å². The summed E-state index contributed by atoms with van der Waals surface area (Å²) < 4.78 is 39.4. The van der Waals surface area contributed by atoms with Gasteiger partial charge in [-0.25, -0.2) is 18.0 Å². The highest BCUT2D eigenvalue weighted by Gasteiger charge is 2.16. The second-order valence-electron chi connectivity index (χ2n) is 3.11. The Bertz CT molecular complexity index is 617. The van der Waals surface area contributed by atoms with Crippen LogP contribution in [-0.4, -0.2) is 15.0 Å². The van der Waals surface area contributed by atoms with E-state index in [1.165, 1.54) is 0 Å². The van der Waals surface area contributed by atoms with E-state index < -0.39 is 40.5 Å². The van der Waals surface area contributed by atoms with Crippen LogP contribution in [0.4, 0.5) is 19.1 Å². The minimum absolute atomic E-state index is 0.438. The molecule has 0 saturated heterocycles. The lowest BCUT2D eigenvalue weighted by Gasteiger charge is -2.04. The number of halogens is 3. The largest absolute Gasteiger partial charge is 0.368 e. The molecule has 1 heterocycles. The molecule has 88 valence electrons. The Kier molecular flexibility index (Phi) is 2.54. The van der Waals surface area contributed by atoms with E-state index in [-0.39, 0.29) is 0 Å². The monoisotopic (exact) mass is 242 g/mol. The van der Waals surface area contributed by atoms with Crippen molar-refractivity contribution in [1.82, 2.24) is 15.0 Å². The Labute approximate surface area is 92.1 Å². The smallest absolute Gasteiger partial charge is 0.349 e. The lowest BCUT2D eigenvalue weighted by atomic mass is 10.2. The molecule has 17 heavy (non-hydrogen) atoms. The van der Waals surface area contributed by atoms with Crippen LogP contribution in [0, 0.1) is 17.5 Å². The summed E-state index contributed by atoms with van der Waals surface area (Å²) in [6.07, 6.45) is 0. The zero-order chi connectivity index (χ0) is 12.6. The van der Waals surface area contributed by atoms with E-state index in [1.807, 2.05) is 4.98 Å². The predicted octanol–water partition coefficient (Wildman–Crippen LogP) is 0.831. The van der Waals surface area contributed by atoms with Gasteiger partial charge in [0.15, 0.2) is 5.82 Å². The average molecular weight is 242 g/mol. The van der Waals surface area contributed by atoms with Gasteiger partial charge in [0.05, 0.1) is 5.56 Å². The molecular weight excluding hydrogens is 237 g/mol. The molecule has 0 fully saturated rings. The predicted molar refractivity (Wildman–Crippen MR) is 52.4 cm³/mol. The molecule has 2 aromatic rings. The van der Waals surface area contributed by atoms with Crippen molar-refractivity contribution in [2.75, 3.05) is 5.73 Å². The molecule has 1 aromatic carbocycles. The van der Waals surface area contributed by atoms with Crippen LogP contribution in [0.1, 0.15) is 0 Å².